The fraction of sp³-hybridized carbons (Fsp3) is 0.0435. The maximum atomic E-state index is 13.4. The maximum absolute atomic E-state index is 13.4. The lowest BCUT2D eigenvalue weighted by Crippen LogP contribution is -2.20. The van der Waals surface area contributed by atoms with Gasteiger partial charge in [-0.2, -0.15) is 18.2 Å². The average Bonchev–Trinajstić information content (AvgIpc) is 2.80. The van der Waals surface area contributed by atoms with E-state index in [1.165, 1.54) is 24.5 Å². The van der Waals surface area contributed by atoms with E-state index in [1.54, 1.807) is 42.5 Å². The minimum atomic E-state index is -4.60. The average molecular weight is 466 g/mol. The molecule has 0 spiro atoms. The molecule has 2 amide bonds. The quantitative estimate of drug-likeness (QED) is 0.354. The van der Waals surface area contributed by atoms with Gasteiger partial charge in [0.1, 0.15) is 5.75 Å². The number of rotatable bonds is 5. The molecule has 34 heavy (non-hydrogen) atoms. The lowest BCUT2D eigenvalue weighted by atomic mass is 10.1. The summed E-state index contributed by atoms with van der Waals surface area (Å²) in [7, 11) is 0. The third-order valence-electron chi connectivity index (χ3n) is 4.46. The minimum Gasteiger partial charge on any atom is -0.439 e. The number of carbonyl (C=O) groups excluding carboxylic acids is 1. The van der Waals surface area contributed by atoms with E-state index in [2.05, 4.69) is 25.6 Å². The first-order valence-electron chi connectivity index (χ1n) is 9.84. The smallest absolute Gasteiger partial charge is 0.416 e. The summed E-state index contributed by atoms with van der Waals surface area (Å²) in [5, 5.41) is 4.99. The Labute approximate surface area is 191 Å². The molecule has 2 heterocycles. The summed E-state index contributed by atoms with van der Waals surface area (Å²) >= 11 is 0. The third-order valence-corrected chi connectivity index (χ3v) is 4.46. The number of carbonyl (C=O) groups is 1. The molecule has 0 radical (unpaired) electrons. The van der Waals surface area contributed by atoms with Crippen molar-refractivity contribution in [2.24, 2.45) is 0 Å². The Hall–Kier alpha value is -4.67. The predicted octanol–water partition coefficient (Wildman–Crippen LogP) is 5.58. The van der Waals surface area contributed by atoms with Gasteiger partial charge in [-0.15, -0.1) is 0 Å². The molecule has 11 heteroatoms. The van der Waals surface area contributed by atoms with Gasteiger partial charge in [-0.25, -0.2) is 9.78 Å². The van der Waals surface area contributed by atoms with Crippen LogP contribution in [0.15, 0.2) is 79.1 Å². The largest absolute Gasteiger partial charge is 0.439 e. The lowest BCUT2D eigenvalue weighted by Gasteiger charge is -2.14. The zero-order valence-electron chi connectivity index (χ0n) is 17.4. The number of anilines is 3. The number of halogens is 3. The topological polar surface area (TPSA) is 115 Å². The minimum absolute atomic E-state index is 0.0331. The van der Waals surface area contributed by atoms with E-state index >= 15 is 0 Å². The van der Waals surface area contributed by atoms with Crippen molar-refractivity contribution in [3.05, 3.63) is 84.7 Å². The van der Waals surface area contributed by atoms with Gasteiger partial charge in [0.05, 0.1) is 11.3 Å². The number of nitrogens with zero attached hydrogens (tertiary/aromatic N) is 3. The van der Waals surface area contributed by atoms with Crippen LogP contribution in [-0.2, 0) is 6.18 Å². The molecular formula is C23H17F3N6O2. The van der Waals surface area contributed by atoms with Crippen molar-refractivity contribution in [3.8, 4) is 22.9 Å². The third kappa shape index (κ3) is 5.76. The molecule has 4 rings (SSSR count). The highest BCUT2D eigenvalue weighted by Crippen LogP contribution is 2.34. The molecule has 0 saturated carbocycles. The Morgan fingerprint density at radius 2 is 1.65 bits per heavy atom. The monoisotopic (exact) mass is 466 g/mol. The summed E-state index contributed by atoms with van der Waals surface area (Å²) in [5.74, 6) is 0.745. The fourth-order valence-electron chi connectivity index (χ4n) is 2.98. The summed E-state index contributed by atoms with van der Waals surface area (Å²) in [5.41, 5.74) is 5.53. The van der Waals surface area contributed by atoms with Gasteiger partial charge in [0.15, 0.2) is 0 Å². The summed E-state index contributed by atoms with van der Waals surface area (Å²) < 4.78 is 45.7. The number of pyridine rings is 1. The fourth-order valence-corrected chi connectivity index (χ4v) is 2.98. The highest BCUT2D eigenvalue weighted by molar-refractivity contribution is 6.00. The van der Waals surface area contributed by atoms with Crippen molar-refractivity contribution in [2.75, 3.05) is 16.4 Å². The number of urea groups is 1. The molecule has 4 aromatic rings. The lowest BCUT2D eigenvalue weighted by molar-refractivity contribution is -0.137. The number of hydrogen-bond donors (Lipinski definition) is 3. The zero-order chi connectivity index (χ0) is 24.1. The molecule has 0 aliphatic heterocycles. The van der Waals surface area contributed by atoms with Crippen molar-refractivity contribution in [1.82, 2.24) is 15.0 Å². The van der Waals surface area contributed by atoms with Crippen LogP contribution in [0.3, 0.4) is 0 Å². The number of alkyl halides is 3. The summed E-state index contributed by atoms with van der Waals surface area (Å²) in [4.78, 5) is 24.2. The number of hydrogen-bond acceptors (Lipinski definition) is 6. The van der Waals surface area contributed by atoms with Gasteiger partial charge in [-0.3, -0.25) is 4.98 Å². The Morgan fingerprint density at radius 1 is 0.882 bits per heavy atom. The molecule has 0 saturated heterocycles. The van der Waals surface area contributed by atoms with Crippen LogP contribution in [0.1, 0.15) is 5.56 Å². The van der Waals surface area contributed by atoms with Crippen LogP contribution in [0.5, 0.6) is 11.6 Å². The van der Waals surface area contributed by atoms with Crippen molar-refractivity contribution < 1.29 is 22.7 Å². The van der Waals surface area contributed by atoms with E-state index in [-0.39, 0.29) is 23.1 Å². The molecule has 8 nitrogen and oxygen atoms in total. The molecule has 2 aromatic carbocycles. The summed E-state index contributed by atoms with van der Waals surface area (Å²) in [6.45, 7) is 0. The molecule has 0 unspecified atom stereocenters. The van der Waals surface area contributed by atoms with Crippen LogP contribution in [0, 0.1) is 0 Å². The van der Waals surface area contributed by atoms with Crippen LogP contribution in [0.4, 0.5) is 35.3 Å². The first kappa shape index (κ1) is 22.5. The maximum Gasteiger partial charge on any atom is 0.416 e. The molecule has 172 valence electrons. The Bertz CT molecular complexity index is 1300. The van der Waals surface area contributed by atoms with Gasteiger partial charge in [-0.1, -0.05) is 6.07 Å². The molecule has 0 atom stereocenters. The van der Waals surface area contributed by atoms with Gasteiger partial charge >= 0.3 is 12.2 Å². The SMILES string of the molecule is Nc1nccc(Oc2ccc(NC(=O)Nc3cc(-c4ccccn4)cc(C(F)(F)F)c3)cc2)n1. The standard InChI is InChI=1S/C23H17F3N6O2/c24-23(25,26)15-11-14(19-3-1-2-9-28-19)12-17(13-15)31-22(33)30-16-4-6-18(7-5-16)34-20-8-10-29-21(27)32-20/h1-13H,(H2,27,29,32)(H2,30,31,33). The molecule has 0 aliphatic carbocycles. The molecule has 0 aliphatic rings. The Morgan fingerprint density at radius 3 is 2.32 bits per heavy atom. The molecular weight excluding hydrogens is 449 g/mol. The summed E-state index contributed by atoms with van der Waals surface area (Å²) in [6.07, 6.45) is -1.67. The van der Waals surface area contributed by atoms with Gasteiger partial charge in [-0.05, 0) is 54.6 Å². The van der Waals surface area contributed by atoms with E-state index in [9.17, 15) is 18.0 Å². The second kappa shape index (κ2) is 9.45. The van der Waals surface area contributed by atoms with E-state index in [0.29, 0.717) is 17.1 Å². The molecule has 0 bridgehead atoms. The zero-order valence-corrected chi connectivity index (χ0v) is 17.4. The number of nitrogens with one attached hydrogen (secondary N) is 2. The van der Waals surface area contributed by atoms with Crippen LogP contribution in [0.25, 0.3) is 11.3 Å². The van der Waals surface area contributed by atoms with E-state index in [4.69, 9.17) is 10.5 Å². The van der Waals surface area contributed by atoms with Gasteiger partial charge in [0.25, 0.3) is 0 Å². The second-order valence-corrected chi connectivity index (χ2v) is 6.97. The van der Waals surface area contributed by atoms with Crippen LogP contribution in [0.2, 0.25) is 0 Å². The number of nitrogens with two attached hydrogens (primary N) is 1. The van der Waals surface area contributed by atoms with Crippen molar-refractivity contribution in [3.63, 3.8) is 0 Å². The molecule has 0 fully saturated rings. The number of ether oxygens (including phenoxy) is 1. The van der Waals surface area contributed by atoms with Gasteiger partial charge in [0, 0.05) is 35.4 Å². The first-order valence-corrected chi connectivity index (χ1v) is 9.84. The number of aromatic nitrogens is 3. The highest BCUT2D eigenvalue weighted by Gasteiger charge is 2.31. The molecule has 4 N–H and O–H groups in total. The Balaban J connectivity index is 1.47. The van der Waals surface area contributed by atoms with Crippen molar-refractivity contribution >= 4 is 23.4 Å². The van der Waals surface area contributed by atoms with Crippen LogP contribution in [-0.4, -0.2) is 21.0 Å². The predicted molar refractivity (Wildman–Crippen MR) is 120 cm³/mol. The second-order valence-electron chi connectivity index (χ2n) is 6.97. The number of amides is 2. The van der Waals surface area contributed by atoms with Crippen molar-refractivity contribution in [1.29, 1.82) is 0 Å². The number of benzene rings is 2. The summed E-state index contributed by atoms with van der Waals surface area (Å²) in [6, 6.07) is 15.3. The number of nitrogen functional groups attached to an aromatic ring is 1. The van der Waals surface area contributed by atoms with E-state index < -0.39 is 17.8 Å². The van der Waals surface area contributed by atoms with E-state index in [1.807, 2.05) is 0 Å². The van der Waals surface area contributed by atoms with Crippen molar-refractivity contribution in [2.45, 2.75) is 6.18 Å². The molecule has 2 aromatic heterocycles. The highest BCUT2D eigenvalue weighted by atomic mass is 19.4. The van der Waals surface area contributed by atoms with E-state index in [0.717, 1.165) is 12.1 Å². The van der Waals surface area contributed by atoms with Crippen LogP contribution < -0.4 is 21.1 Å². The normalized spacial score (nSPS) is 11.0. The Kier molecular flexibility index (Phi) is 6.26. The van der Waals surface area contributed by atoms with Crippen LogP contribution >= 0.6 is 0 Å². The van der Waals surface area contributed by atoms with Gasteiger partial charge < -0.3 is 21.1 Å². The first-order chi connectivity index (χ1) is 16.3. The van der Waals surface area contributed by atoms with Gasteiger partial charge in [0.2, 0.25) is 11.8 Å².